The van der Waals surface area contributed by atoms with Gasteiger partial charge in [0.05, 0.1) is 7.11 Å². The Bertz CT molecular complexity index is 848. The molecule has 0 unspecified atom stereocenters. The fraction of sp³-hybridized carbons (Fsp3) is 0.417. The Kier molecular flexibility index (Phi) is 8.72. The molecule has 166 valence electrons. The molecular weight excluding hydrogens is 394 g/mol. The lowest BCUT2D eigenvalue weighted by Crippen LogP contribution is -2.33. The molecule has 0 aliphatic carbocycles. The van der Waals surface area contributed by atoms with Crippen molar-refractivity contribution in [1.29, 1.82) is 0 Å². The zero-order valence-corrected chi connectivity index (χ0v) is 18.1. The zero-order valence-electron chi connectivity index (χ0n) is 18.1. The minimum Gasteiger partial charge on any atom is -0.497 e. The molecule has 1 saturated heterocycles. The van der Waals surface area contributed by atoms with Gasteiger partial charge in [0.15, 0.2) is 6.61 Å². The van der Waals surface area contributed by atoms with Crippen molar-refractivity contribution in [2.24, 2.45) is 0 Å². The highest BCUT2D eigenvalue weighted by Gasteiger charge is 2.10. The quantitative estimate of drug-likeness (QED) is 0.571. The van der Waals surface area contributed by atoms with Gasteiger partial charge in [0, 0.05) is 23.9 Å². The number of likely N-dealkylation sites (tertiary alicyclic amines) is 1. The van der Waals surface area contributed by atoms with E-state index in [0.717, 1.165) is 13.0 Å². The summed E-state index contributed by atoms with van der Waals surface area (Å²) >= 11 is 0. The van der Waals surface area contributed by atoms with Crippen LogP contribution in [0.15, 0.2) is 48.5 Å². The number of nitrogens with one attached hydrogen (secondary N) is 2. The third-order valence-corrected chi connectivity index (χ3v) is 5.23. The highest BCUT2D eigenvalue weighted by molar-refractivity contribution is 5.94. The molecule has 0 atom stereocenters. The molecule has 7 nitrogen and oxygen atoms in total. The first-order valence-electron chi connectivity index (χ1n) is 10.8. The maximum Gasteiger partial charge on any atom is 0.262 e. The Morgan fingerprint density at radius 3 is 2.52 bits per heavy atom. The number of anilines is 1. The van der Waals surface area contributed by atoms with Crippen LogP contribution < -0.4 is 20.1 Å². The first-order chi connectivity index (χ1) is 15.1. The second-order valence-corrected chi connectivity index (χ2v) is 7.60. The van der Waals surface area contributed by atoms with Crippen LogP contribution >= 0.6 is 0 Å². The van der Waals surface area contributed by atoms with E-state index >= 15 is 0 Å². The summed E-state index contributed by atoms with van der Waals surface area (Å²) in [7, 11) is 1.57. The summed E-state index contributed by atoms with van der Waals surface area (Å²) in [5.41, 5.74) is 1.21. The van der Waals surface area contributed by atoms with Gasteiger partial charge in [-0.3, -0.25) is 9.59 Å². The predicted octanol–water partition coefficient (Wildman–Crippen LogP) is 3.32. The number of nitrogens with zero attached hydrogens (tertiary/aromatic N) is 1. The van der Waals surface area contributed by atoms with Gasteiger partial charge in [0.25, 0.3) is 11.8 Å². The predicted molar refractivity (Wildman–Crippen MR) is 121 cm³/mol. The lowest BCUT2D eigenvalue weighted by atomic mass is 10.1. The summed E-state index contributed by atoms with van der Waals surface area (Å²) in [5.74, 6) is 0.825. The number of rotatable bonds is 10. The zero-order chi connectivity index (χ0) is 21.9. The van der Waals surface area contributed by atoms with Gasteiger partial charge < -0.3 is 25.0 Å². The van der Waals surface area contributed by atoms with Crippen LogP contribution in [0.1, 0.15) is 36.0 Å². The average molecular weight is 426 g/mol. The van der Waals surface area contributed by atoms with Gasteiger partial charge in [0.2, 0.25) is 0 Å². The van der Waals surface area contributed by atoms with Gasteiger partial charge in [-0.1, -0.05) is 12.5 Å². The highest BCUT2D eigenvalue weighted by atomic mass is 16.5. The van der Waals surface area contributed by atoms with E-state index in [1.807, 2.05) is 0 Å². The van der Waals surface area contributed by atoms with Crippen LogP contribution in [-0.2, 0) is 4.79 Å². The van der Waals surface area contributed by atoms with Gasteiger partial charge in [-0.25, -0.2) is 0 Å². The van der Waals surface area contributed by atoms with Crippen molar-refractivity contribution in [3.8, 4) is 11.5 Å². The second-order valence-electron chi connectivity index (χ2n) is 7.60. The van der Waals surface area contributed by atoms with Crippen molar-refractivity contribution >= 4 is 17.5 Å². The normalized spacial score (nSPS) is 14.0. The van der Waals surface area contributed by atoms with Crippen molar-refractivity contribution in [2.75, 3.05) is 45.2 Å². The van der Waals surface area contributed by atoms with E-state index in [9.17, 15) is 9.59 Å². The van der Waals surface area contributed by atoms with Crippen molar-refractivity contribution in [3.05, 3.63) is 54.1 Å². The average Bonchev–Trinajstić information content (AvgIpc) is 2.81. The molecule has 2 N–H and O–H groups in total. The summed E-state index contributed by atoms with van der Waals surface area (Å²) in [4.78, 5) is 26.8. The molecule has 1 aliphatic rings. The van der Waals surface area contributed by atoms with Crippen LogP contribution in [0.4, 0.5) is 5.69 Å². The summed E-state index contributed by atoms with van der Waals surface area (Å²) in [6.45, 7) is 3.92. The van der Waals surface area contributed by atoms with Crippen LogP contribution in [0.2, 0.25) is 0 Å². The first-order valence-corrected chi connectivity index (χ1v) is 10.8. The van der Waals surface area contributed by atoms with E-state index in [2.05, 4.69) is 15.5 Å². The summed E-state index contributed by atoms with van der Waals surface area (Å²) < 4.78 is 10.7. The molecule has 1 aliphatic heterocycles. The van der Waals surface area contributed by atoms with Gasteiger partial charge in [-0.05, 0) is 75.3 Å². The molecule has 2 aromatic carbocycles. The van der Waals surface area contributed by atoms with Gasteiger partial charge >= 0.3 is 0 Å². The molecule has 3 rings (SSSR count). The van der Waals surface area contributed by atoms with Crippen molar-refractivity contribution in [1.82, 2.24) is 10.2 Å². The van der Waals surface area contributed by atoms with E-state index in [-0.39, 0.29) is 18.4 Å². The first kappa shape index (κ1) is 22.6. The van der Waals surface area contributed by atoms with Crippen molar-refractivity contribution in [3.63, 3.8) is 0 Å². The minimum absolute atomic E-state index is 0.0963. The topological polar surface area (TPSA) is 79.9 Å². The minimum atomic E-state index is -0.274. The number of benzene rings is 2. The van der Waals surface area contributed by atoms with Crippen LogP contribution in [0.25, 0.3) is 0 Å². The Morgan fingerprint density at radius 1 is 1.00 bits per heavy atom. The van der Waals surface area contributed by atoms with E-state index in [1.165, 1.54) is 32.4 Å². The number of piperidine rings is 1. The number of ether oxygens (including phenoxy) is 2. The summed E-state index contributed by atoms with van der Waals surface area (Å²) in [6.07, 6.45) is 4.85. The highest BCUT2D eigenvalue weighted by Crippen LogP contribution is 2.17. The van der Waals surface area contributed by atoms with Crippen LogP contribution in [0, 0.1) is 0 Å². The molecule has 2 amide bonds. The smallest absolute Gasteiger partial charge is 0.262 e. The fourth-order valence-electron chi connectivity index (χ4n) is 3.54. The molecule has 0 saturated carbocycles. The molecule has 0 radical (unpaired) electrons. The molecule has 31 heavy (non-hydrogen) atoms. The van der Waals surface area contributed by atoms with Crippen LogP contribution in [0.3, 0.4) is 0 Å². The molecular formula is C24H31N3O4. The standard InChI is InChI=1S/C24H31N3O4/c1-30-22-8-5-7-20(17-22)26-23(28)18-31-21-11-9-19(10-12-21)24(29)25-13-6-16-27-14-3-2-4-15-27/h5,7-12,17H,2-4,6,13-16,18H2,1H3,(H,25,29)(H,26,28). The Hall–Kier alpha value is -3.06. The lowest BCUT2D eigenvalue weighted by molar-refractivity contribution is -0.118. The number of methoxy groups -OCH3 is 1. The third kappa shape index (κ3) is 7.61. The number of carbonyl (C=O) groups excluding carboxylic acids is 2. The van der Waals surface area contributed by atoms with Crippen LogP contribution in [0.5, 0.6) is 11.5 Å². The number of hydrogen-bond donors (Lipinski definition) is 2. The molecule has 1 fully saturated rings. The van der Waals surface area contributed by atoms with E-state index < -0.39 is 0 Å². The monoisotopic (exact) mass is 425 g/mol. The molecule has 0 bridgehead atoms. The van der Waals surface area contributed by atoms with Gasteiger partial charge in [-0.2, -0.15) is 0 Å². The summed E-state index contributed by atoms with van der Waals surface area (Å²) in [5, 5.41) is 5.72. The Morgan fingerprint density at radius 2 is 1.77 bits per heavy atom. The number of carbonyl (C=O) groups is 2. The van der Waals surface area contributed by atoms with E-state index in [0.29, 0.717) is 29.3 Å². The molecule has 7 heteroatoms. The lowest BCUT2D eigenvalue weighted by Gasteiger charge is -2.26. The molecule has 1 heterocycles. The maximum atomic E-state index is 12.3. The van der Waals surface area contributed by atoms with E-state index in [1.54, 1.807) is 55.6 Å². The molecule has 2 aromatic rings. The fourth-order valence-corrected chi connectivity index (χ4v) is 3.54. The number of hydrogen-bond acceptors (Lipinski definition) is 5. The number of amides is 2. The van der Waals surface area contributed by atoms with Gasteiger partial charge in [-0.15, -0.1) is 0 Å². The van der Waals surface area contributed by atoms with Crippen molar-refractivity contribution in [2.45, 2.75) is 25.7 Å². The second kappa shape index (κ2) is 12.0. The Labute approximate surface area is 183 Å². The summed E-state index contributed by atoms with van der Waals surface area (Å²) in [6, 6.07) is 13.9. The molecule has 0 aromatic heterocycles. The SMILES string of the molecule is COc1cccc(NC(=O)COc2ccc(C(=O)NCCCN3CCCCC3)cc2)c1. The largest absolute Gasteiger partial charge is 0.497 e. The van der Waals surface area contributed by atoms with Gasteiger partial charge in [0.1, 0.15) is 11.5 Å². The maximum absolute atomic E-state index is 12.3. The van der Waals surface area contributed by atoms with Crippen LogP contribution in [-0.4, -0.2) is 56.6 Å². The third-order valence-electron chi connectivity index (χ3n) is 5.23. The molecule has 0 spiro atoms. The van der Waals surface area contributed by atoms with Crippen molar-refractivity contribution < 1.29 is 19.1 Å². The Balaban J connectivity index is 1.36. The van der Waals surface area contributed by atoms with E-state index in [4.69, 9.17) is 9.47 Å².